The second-order valence-corrected chi connectivity index (χ2v) is 8.05. The van der Waals surface area contributed by atoms with Gasteiger partial charge >= 0.3 is 0 Å². The fourth-order valence-electron chi connectivity index (χ4n) is 5.03. The molecule has 0 N–H and O–H groups in total. The molecule has 3 unspecified atom stereocenters. The fourth-order valence-corrected chi connectivity index (χ4v) is 5.03. The van der Waals surface area contributed by atoms with Gasteiger partial charge in [0.15, 0.2) is 0 Å². The first-order chi connectivity index (χ1) is 13.2. The number of nitrogens with zero attached hydrogens (tertiary/aromatic N) is 3. The highest BCUT2D eigenvalue weighted by Crippen LogP contribution is 2.50. The number of rotatable bonds is 3. The smallest absolute Gasteiger partial charge is 0.247 e. The maximum absolute atomic E-state index is 6.23. The first-order valence-electron chi connectivity index (χ1n) is 9.88. The summed E-state index contributed by atoms with van der Waals surface area (Å²) in [5.41, 5.74) is 3.68. The fraction of sp³-hybridized carbons (Fsp3) is 0.391. The summed E-state index contributed by atoms with van der Waals surface area (Å²) in [5, 5.41) is 8.89. The summed E-state index contributed by atoms with van der Waals surface area (Å²) in [5.74, 6) is 2.09. The minimum Gasteiger partial charge on any atom is -0.420 e. The molecular formula is C23H25N3O. The van der Waals surface area contributed by atoms with E-state index >= 15 is 0 Å². The number of benzene rings is 2. The summed E-state index contributed by atoms with van der Waals surface area (Å²) in [6, 6.07) is 20.2. The highest BCUT2D eigenvalue weighted by molar-refractivity contribution is 5.51. The van der Waals surface area contributed by atoms with E-state index in [2.05, 4.69) is 53.3 Å². The Bertz CT molecular complexity index is 918. The van der Waals surface area contributed by atoms with Crippen molar-refractivity contribution in [2.75, 3.05) is 7.05 Å². The van der Waals surface area contributed by atoms with Gasteiger partial charge in [0.2, 0.25) is 11.8 Å². The van der Waals surface area contributed by atoms with Crippen molar-refractivity contribution in [1.82, 2.24) is 15.1 Å². The Labute approximate surface area is 160 Å². The molecule has 0 radical (unpaired) electrons. The molecule has 0 saturated carbocycles. The molecule has 3 aromatic rings. The molecule has 3 heterocycles. The van der Waals surface area contributed by atoms with Gasteiger partial charge in [0.25, 0.3) is 0 Å². The lowest BCUT2D eigenvalue weighted by Gasteiger charge is -2.41. The van der Waals surface area contributed by atoms with Gasteiger partial charge in [0.1, 0.15) is 0 Å². The first-order valence-corrected chi connectivity index (χ1v) is 9.88. The van der Waals surface area contributed by atoms with Crippen molar-refractivity contribution in [2.45, 2.75) is 50.1 Å². The second-order valence-electron chi connectivity index (χ2n) is 8.05. The van der Waals surface area contributed by atoms with Crippen LogP contribution < -0.4 is 0 Å². The van der Waals surface area contributed by atoms with Crippen molar-refractivity contribution in [3.63, 3.8) is 0 Å². The summed E-state index contributed by atoms with van der Waals surface area (Å²) in [6.45, 7) is 2.14. The maximum atomic E-state index is 6.23. The Balaban J connectivity index is 1.54. The summed E-state index contributed by atoms with van der Waals surface area (Å²) in [4.78, 5) is 2.54. The molecule has 4 nitrogen and oxygen atoms in total. The van der Waals surface area contributed by atoms with Crippen LogP contribution in [0.4, 0.5) is 0 Å². The Morgan fingerprint density at radius 3 is 2.52 bits per heavy atom. The molecule has 4 atom stereocenters. The Morgan fingerprint density at radius 1 is 0.963 bits per heavy atom. The summed E-state index contributed by atoms with van der Waals surface area (Å²) >= 11 is 0. The molecule has 4 heteroatoms. The van der Waals surface area contributed by atoms with Crippen LogP contribution in [0.25, 0.3) is 11.5 Å². The number of likely N-dealkylation sites (N-methyl/N-ethyl adjacent to an activating group) is 1. The third-order valence-electron chi connectivity index (χ3n) is 6.52. The van der Waals surface area contributed by atoms with Gasteiger partial charge in [-0.25, -0.2) is 0 Å². The Hall–Kier alpha value is -2.46. The van der Waals surface area contributed by atoms with Crippen LogP contribution in [0.2, 0.25) is 0 Å². The number of aryl methyl sites for hydroxylation is 1. The van der Waals surface area contributed by atoms with Crippen molar-refractivity contribution < 1.29 is 4.42 Å². The van der Waals surface area contributed by atoms with Crippen LogP contribution in [0.1, 0.15) is 48.1 Å². The monoisotopic (exact) mass is 359 g/mol. The Kier molecular flexibility index (Phi) is 4.09. The van der Waals surface area contributed by atoms with E-state index in [0.29, 0.717) is 23.9 Å². The van der Waals surface area contributed by atoms with E-state index in [4.69, 9.17) is 4.42 Å². The SMILES string of the molecule is Cc1ccc(C2CC3CCC([C@@H]2c2nnc(-c4ccccc4)o2)N3C)cc1. The van der Waals surface area contributed by atoms with Gasteiger partial charge in [-0.3, -0.25) is 4.90 Å². The lowest BCUT2D eigenvalue weighted by molar-refractivity contribution is 0.124. The van der Waals surface area contributed by atoms with Gasteiger partial charge in [-0.1, -0.05) is 48.0 Å². The molecule has 2 bridgehead atoms. The van der Waals surface area contributed by atoms with Gasteiger partial charge in [-0.15, -0.1) is 10.2 Å². The molecule has 138 valence electrons. The normalized spacial score (nSPS) is 27.8. The van der Waals surface area contributed by atoms with Crippen molar-refractivity contribution >= 4 is 0 Å². The second kappa shape index (κ2) is 6.61. The van der Waals surface area contributed by atoms with Gasteiger partial charge in [-0.05, 0) is 56.8 Å². The zero-order valence-corrected chi connectivity index (χ0v) is 15.9. The molecule has 5 rings (SSSR count). The maximum Gasteiger partial charge on any atom is 0.247 e. The number of hydrogen-bond donors (Lipinski definition) is 0. The van der Waals surface area contributed by atoms with Crippen LogP contribution in [0, 0.1) is 6.92 Å². The highest BCUT2D eigenvalue weighted by atomic mass is 16.4. The standard InChI is InChI=1S/C23H25N3O/c1-15-8-10-16(11-9-15)19-14-18-12-13-20(26(18)2)21(19)23-25-24-22(27-23)17-6-4-3-5-7-17/h3-11,18-21H,12-14H2,1-2H3/t18?,19?,20?,21-/m1/s1. The molecule has 1 aromatic heterocycles. The molecular weight excluding hydrogens is 334 g/mol. The van der Waals surface area contributed by atoms with Crippen LogP contribution in [0.15, 0.2) is 59.0 Å². The summed E-state index contributed by atoms with van der Waals surface area (Å²) < 4.78 is 6.23. The van der Waals surface area contributed by atoms with E-state index in [1.54, 1.807) is 0 Å². The minimum atomic E-state index is 0.251. The summed E-state index contributed by atoms with van der Waals surface area (Å²) in [7, 11) is 2.26. The van der Waals surface area contributed by atoms with Crippen LogP contribution in [-0.2, 0) is 0 Å². The van der Waals surface area contributed by atoms with Crippen LogP contribution >= 0.6 is 0 Å². The number of piperidine rings is 1. The van der Waals surface area contributed by atoms with E-state index in [0.717, 1.165) is 17.9 Å². The molecule has 2 saturated heterocycles. The molecule has 2 aromatic carbocycles. The number of hydrogen-bond acceptors (Lipinski definition) is 4. The lowest BCUT2D eigenvalue weighted by Crippen LogP contribution is -2.44. The number of aromatic nitrogens is 2. The molecule has 0 spiro atoms. The molecule has 27 heavy (non-hydrogen) atoms. The van der Waals surface area contributed by atoms with Gasteiger partial charge in [-0.2, -0.15) is 0 Å². The van der Waals surface area contributed by atoms with E-state index in [-0.39, 0.29) is 5.92 Å². The first kappa shape index (κ1) is 16.7. The summed E-state index contributed by atoms with van der Waals surface area (Å²) in [6.07, 6.45) is 3.63. The van der Waals surface area contributed by atoms with E-state index in [1.165, 1.54) is 24.0 Å². The molecule has 2 fully saturated rings. The topological polar surface area (TPSA) is 42.2 Å². The van der Waals surface area contributed by atoms with E-state index in [9.17, 15) is 0 Å². The van der Waals surface area contributed by atoms with Crippen molar-refractivity contribution in [2.24, 2.45) is 0 Å². The zero-order valence-electron chi connectivity index (χ0n) is 15.9. The van der Waals surface area contributed by atoms with Crippen molar-refractivity contribution in [3.05, 3.63) is 71.6 Å². The zero-order chi connectivity index (χ0) is 18.4. The molecule has 0 aliphatic carbocycles. The minimum absolute atomic E-state index is 0.251. The third-order valence-corrected chi connectivity index (χ3v) is 6.52. The predicted octanol–water partition coefficient (Wildman–Crippen LogP) is 4.78. The quantitative estimate of drug-likeness (QED) is 0.675. The molecule has 2 aliphatic heterocycles. The molecule has 0 amide bonds. The highest BCUT2D eigenvalue weighted by Gasteiger charge is 2.48. The Morgan fingerprint density at radius 2 is 1.74 bits per heavy atom. The largest absolute Gasteiger partial charge is 0.420 e. The van der Waals surface area contributed by atoms with Gasteiger partial charge in [0.05, 0.1) is 5.92 Å². The van der Waals surface area contributed by atoms with Crippen molar-refractivity contribution in [1.29, 1.82) is 0 Å². The van der Waals surface area contributed by atoms with Gasteiger partial charge in [0, 0.05) is 17.6 Å². The van der Waals surface area contributed by atoms with Crippen molar-refractivity contribution in [3.8, 4) is 11.5 Å². The van der Waals surface area contributed by atoms with Crippen LogP contribution in [0.5, 0.6) is 0 Å². The average Bonchev–Trinajstić information content (AvgIpc) is 3.26. The molecule has 2 aliphatic rings. The average molecular weight is 359 g/mol. The lowest BCUT2D eigenvalue weighted by atomic mass is 9.76. The predicted molar refractivity (Wildman–Crippen MR) is 106 cm³/mol. The third kappa shape index (κ3) is 2.88. The van der Waals surface area contributed by atoms with E-state index < -0.39 is 0 Å². The number of fused-ring (bicyclic) bond motifs is 2. The van der Waals surface area contributed by atoms with Crippen LogP contribution in [-0.4, -0.2) is 34.2 Å². The van der Waals surface area contributed by atoms with Gasteiger partial charge < -0.3 is 4.42 Å². The van der Waals surface area contributed by atoms with E-state index in [1.807, 2.05) is 30.3 Å². The van der Waals surface area contributed by atoms with Crippen LogP contribution in [0.3, 0.4) is 0 Å².